The van der Waals surface area contributed by atoms with Crippen molar-refractivity contribution in [1.82, 2.24) is 19.9 Å². The number of rotatable bonds is 6. The Bertz CT molecular complexity index is 1230. The number of benzene rings is 1. The molecule has 0 aliphatic carbocycles. The maximum Gasteiger partial charge on any atom is 0.273 e. The summed E-state index contributed by atoms with van der Waals surface area (Å²) < 4.78 is 1.72. The van der Waals surface area contributed by atoms with Crippen molar-refractivity contribution in [2.45, 2.75) is 40.2 Å². The zero-order valence-electron chi connectivity index (χ0n) is 19.1. The fraction of sp³-hybridized carbons (Fsp3) is 0.435. The lowest BCUT2D eigenvalue weighted by Gasteiger charge is -2.31. The molecule has 3 heterocycles. The van der Waals surface area contributed by atoms with E-state index < -0.39 is 0 Å². The van der Waals surface area contributed by atoms with Crippen molar-refractivity contribution in [3.8, 4) is 0 Å². The van der Waals surface area contributed by atoms with Crippen LogP contribution in [0.2, 0.25) is 0 Å². The lowest BCUT2D eigenvalue weighted by Crippen LogP contribution is -2.43. The molecule has 4 rings (SSSR count). The second kappa shape index (κ2) is 9.70. The third-order valence-electron chi connectivity index (χ3n) is 5.85. The minimum Gasteiger partial charge on any atom is -0.356 e. The number of hydrogen-bond donors (Lipinski definition) is 2. The van der Waals surface area contributed by atoms with E-state index >= 15 is 0 Å². The number of thiazole rings is 1. The minimum absolute atomic E-state index is 0.0543. The van der Waals surface area contributed by atoms with Crippen molar-refractivity contribution in [1.29, 1.82) is 0 Å². The smallest absolute Gasteiger partial charge is 0.273 e. The first-order valence-corrected chi connectivity index (χ1v) is 11.9. The van der Waals surface area contributed by atoms with Crippen LogP contribution < -0.4 is 21.1 Å². The van der Waals surface area contributed by atoms with Crippen molar-refractivity contribution in [3.63, 3.8) is 0 Å². The van der Waals surface area contributed by atoms with Crippen LogP contribution in [-0.4, -0.2) is 46.0 Å². The van der Waals surface area contributed by atoms with E-state index in [9.17, 15) is 14.4 Å². The van der Waals surface area contributed by atoms with Crippen LogP contribution in [0, 0.1) is 19.8 Å². The third kappa shape index (κ3) is 4.90. The van der Waals surface area contributed by atoms with E-state index in [0.29, 0.717) is 28.6 Å². The second-order valence-corrected chi connectivity index (χ2v) is 9.30. The molecular weight excluding hydrogens is 440 g/mol. The van der Waals surface area contributed by atoms with E-state index in [-0.39, 0.29) is 29.8 Å². The summed E-state index contributed by atoms with van der Waals surface area (Å²) in [5.74, 6) is -0.330. The number of fused-ring (bicyclic) bond motifs is 1. The van der Waals surface area contributed by atoms with Gasteiger partial charge in [-0.2, -0.15) is 4.98 Å². The maximum absolute atomic E-state index is 13.0. The SMILES string of the molecule is CCNC(=O)[C@H]1CCCN(c2nc3ncn(CC(=O)Nc4c(C)cccc4C)c(=O)c3s2)C1. The van der Waals surface area contributed by atoms with E-state index in [1.807, 2.05) is 43.9 Å². The molecule has 2 aromatic heterocycles. The van der Waals surface area contributed by atoms with E-state index in [1.165, 1.54) is 22.2 Å². The van der Waals surface area contributed by atoms with Crippen molar-refractivity contribution in [3.05, 3.63) is 46.0 Å². The molecule has 0 saturated carbocycles. The van der Waals surface area contributed by atoms with Crippen LogP contribution in [0.25, 0.3) is 10.3 Å². The Hall–Kier alpha value is -3.27. The molecule has 0 radical (unpaired) electrons. The number of nitrogens with one attached hydrogen (secondary N) is 2. The number of aryl methyl sites for hydroxylation is 2. The minimum atomic E-state index is -0.294. The second-order valence-electron chi connectivity index (χ2n) is 8.32. The molecule has 33 heavy (non-hydrogen) atoms. The van der Waals surface area contributed by atoms with E-state index in [0.717, 1.165) is 36.2 Å². The van der Waals surface area contributed by atoms with Gasteiger partial charge in [0.2, 0.25) is 11.8 Å². The number of para-hydroxylation sites is 1. The van der Waals surface area contributed by atoms with Gasteiger partial charge in [0, 0.05) is 25.3 Å². The maximum atomic E-state index is 13.0. The molecule has 1 saturated heterocycles. The van der Waals surface area contributed by atoms with Crippen LogP contribution in [0.4, 0.5) is 10.8 Å². The van der Waals surface area contributed by atoms with Gasteiger partial charge in [-0.1, -0.05) is 29.5 Å². The summed E-state index contributed by atoms with van der Waals surface area (Å²) in [5.41, 5.74) is 2.76. The molecule has 10 heteroatoms. The van der Waals surface area contributed by atoms with Crippen LogP contribution in [0.3, 0.4) is 0 Å². The molecule has 0 unspecified atom stereocenters. The number of hydrogen-bond acceptors (Lipinski definition) is 7. The van der Waals surface area contributed by atoms with Crippen molar-refractivity contribution < 1.29 is 9.59 Å². The van der Waals surface area contributed by atoms with E-state index in [4.69, 9.17) is 0 Å². The molecule has 1 aliphatic rings. The summed E-state index contributed by atoms with van der Waals surface area (Å²) in [4.78, 5) is 48.8. The first-order valence-electron chi connectivity index (χ1n) is 11.1. The molecule has 2 N–H and O–H groups in total. The Morgan fingerprint density at radius 3 is 2.73 bits per heavy atom. The van der Waals surface area contributed by atoms with Gasteiger partial charge < -0.3 is 15.5 Å². The monoisotopic (exact) mass is 468 g/mol. The Balaban J connectivity index is 1.52. The van der Waals surface area contributed by atoms with Gasteiger partial charge in [0.15, 0.2) is 10.8 Å². The number of aromatic nitrogens is 3. The van der Waals surface area contributed by atoms with Gasteiger partial charge in [0.25, 0.3) is 5.56 Å². The predicted octanol–water partition coefficient (Wildman–Crippen LogP) is 2.46. The summed E-state index contributed by atoms with van der Waals surface area (Å²) >= 11 is 1.26. The first kappa shape index (κ1) is 22.9. The number of carbonyl (C=O) groups is 2. The molecule has 1 fully saturated rings. The van der Waals surface area contributed by atoms with Crippen LogP contribution in [0.5, 0.6) is 0 Å². The van der Waals surface area contributed by atoms with Crippen molar-refractivity contribution in [2.24, 2.45) is 5.92 Å². The van der Waals surface area contributed by atoms with E-state index in [1.54, 1.807) is 0 Å². The van der Waals surface area contributed by atoms with Gasteiger partial charge in [-0.05, 0) is 44.7 Å². The standard InChI is InChI=1S/C23H28N6O3S/c1-4-24-21(31)16-9-6-10-28(11-16)23-27-20-19(33-23)22(32)29(13-25-20)12-17(30)26-18-14(2)7-5-8-15(18)3/h5,7-8,13,16H,4,6,9-12H2,1-3H3,(H,24,31)(H,26,30)/t16-/m0/s1. The summed E-state index contributed by atoms with van der Waals surface area (Å²) in [5, 5.41) is 6.47. The van der Waals surface area contributed by atoms with Crippen LogP contribution in [-0.2, 0) is 16.1 Å². The quantitative estimate of drug-likeness (QED) is 0.575. The molecule has 0 bridgehead atoms. The number of piperidine rings is 1. The number of anilines is 2. The Morgan fingerprint density at radius 2 is 2.00 bits per heavy atom. The Kier molecular flexibility index (Phi) is 6.73. The zero-order chi connectivity index (χ0) is 23.5. The molecule has 1 atom stereocenters. The third-order valence-corrected chi connectivity index (χ3v) is 6.94. The summed E-state index contributed by atoms with van der Waals surface area (Å²) in [6.07, 6.45) is 3.09. The highest BCUT2D eigenvalue weighted by atomic mass is 32.1. The summed E-state index contributed by atoms with van der Waals surface area (Å²) in [6, 6.07) is 5.79. The molecular formula is C23H28N6O3S. The number of amides is 2. The summed E-state index contributed by atoms with van der Waals surface area (Å²) in [6.45, 7) is 7.59. The fourth-order valence-electron chi connectivity index (χ4n) is 4.11. The fourth-order valence-corrected chi connectivity index (χ4v) is 5.12. The molecule has 1 aromatic carbocycles. The Labute approximate surface area is 195 Å². The van der Waals surface area contributed by atoms with Gasteiger partial charge in [-0.25, -0.2) is 4.98 Å². The van der Waals surface area contributed by atoms with E-state index in [2.05, 4.69) is 20.6 Å². The molecule has 2 amide bonds. The molecule has 174 valence electrons. The molecule has 0 spiro atoms. The molecule has 1 aliphatic heterocycles. The molecule has 9 nitrogen and oxygen atoms in total. The van der Waals surface area contributed by atoms with Gasteiger partial charge in [0.05, 0.1) is 5.92 Å². The van der Waals surface area contributed by atoms with Gasteiger partial charge in [-0.3, -0.25) is 19.0 Å². The highest BCUT2D eigenvalue weighted by molar-refractivity contribution is 7.22. The van der Waals surface area contributed by atoms with Crippen molar-refractivity contribution in [2.75, 3.05) is 29.9 Å². The first-order chi connectivity index (χ1) is 15.9. The van der Waals surface area contributed by atoms with Crippen LogP contribution in [0.1, 0.15) is 30.9 Å². The number of carbonyl (C=O) groups excluding carboxylic acids is 2. The average Bonchev–Trinajstić information content (AvgIpc) is 3.24. The molecule has 3 aromatic rings. The summed E-state index contributed by atoms with van der Waals surface area (Å²) in [7, 11) is 0. The van der Waals surface area contributed by atoms with Gasteiger partial charge in [0.1, 0.15) is 17.6 Å². The number of nitrogens with zero attached hydrogens (tertiary/aromatic N) is 4. The van der Waals surface area contributed by atoms with Crippen molar-refractivity contribution >= 4 is 44.3 Å². The van der Waals surface area contributed by atoms with Gasteiger partial charge in [-0.15, -0.1) is 0 Å². The normalized spacial score (nSPS) is 16.1. The highest BCUT2D eigenvalue weighted by Crippen LogP contribution is 2.29. The topological polar surface area (TPSA) is 109 Å². The largest absolute Gasteiger partial charge is 0.356 e. The zero-order valence-corrected chi connectivity index (χ0v) is 19.9. The predicted molar refractivity (Wildman–Crippen MR) is 130 cm³/mol. The Morgan fingerprint density at radius 1 is 1.24 bits per heavy atom. The van der Waals surface area contributed by atoms with Crippen LogP contribution in [0.15, 0.2) is 29.3 Å². The lowest BCUT2D eigenvalue weighted by molar-refractivity contribution is -0.125. The van der Waals surface area contributed by atoms with Gasteiger partial charge >= 0.3 is 0 Å². The average molecular weight is 469 g/mol. The highest BCUT2D eigenvalue weighted by Gasteiger charge is 2.27. The lowest BCUT2D eigenvalue weighted by atomic mass is 9.97. The van der Waals surface area contributed by atoms with Crippen LogP contribution >= 0.6 is 11.3 Å².